The third-order valence-corrected chi connectivity index (χ3v) is 2.58. The van der Waals surface area contributed by atoms with E-state index >= 15 is 0 Å². The van der Waals surface area contributed by atoms with Crippen LogP contribution in [0.25, 0.3) is 0 Å². The maximum atomic E-state index is 11.5. The standard InChI is InChI=1S/C11H20O6/c1-11(2,3)10(14)16-5-6-7(12)8(15-4)9(13)17-6/h6-9,12-13H,5H2,1-4H3/t6-,7-,8-,9+/m1/s1. The molecule has 0 aliphatic carbocycles. The number of hydrogen-bond donors (Lipinski definition) is 2. The second-order valence-electron chi connectivity index (χ2n) is 5.10. The normalized spacial score (nSPS) is 33.8. The fourth-order valence-electron chi connectivity index (χ4n) is 1.49. The molecule has 0 bridgehead atoms. The van der Waals surface area contributed by atoms with Crippen LogP contribution < -0.4 is 0 Å². The average Bonchev–Trinajstić information content (AvgIpc) is 2.48. The SMILES string of the molecule is CO[C@@H]1[C@H](O)[C@@H](COC(=O)C(C)(C)C)O[C@@H]1O. The van der Waals surface area contributed by atoms with E-state index < -0.39 is 30.0 Å². The first-order valence-corrected chi connectivity index (χ1v) is 5.49. The first-order valence-electron chi connectivity index (χ1n) is 5.49. The zero-order valence-corrected chi connectivity index (χ0v) is 10.5. The zero-order valence-electron chi connectivity index (χ0n) is 10.5. The lowest BCUT2D eigenvalue weighted by molar-refractivity contribution is -0.165. The Hall–Kier alpha value is -0.690. The number of carbonyl (C=O) groups is 1. The Morgan fingerprint density at radius 3 is 2.35 bits per heavy atom. The minimum atomic E-state index is -1.20. The molecule has 0 aromatic carbocycles. The van der Waals surface area contributed by atoms with Gasteiger partial charge in [0.15, 0.2) is 6.29 Å². The summed E-state index contributed by atoms with van der Waals surface area (Å²) in [5, 5.41) is 19.1. The fraction of sp³-hybridized carbons (Fsp3) is 0.909. The molecule has 1 aliphatic rings. The summed E-state index contributed by atoms with van der Waals surface area (Å²) in [4.78, 5) is 11.5. The molecule has 17 heavy (non-hydrogen) atoms. The van der Waals surface area contributed by atoms with Crippen molar-refractivity contribution in [2.75, 3.05) is 13.7 Å². The summed E-state index contributed by atoms with van der Waals surface area (Å²) in [7, 11) is 1.37. The molecule has 1 aliphatic heterocycles. The van der Waals surface area contributed by atoms with Crippen LogP contribution in [0.2, 0.25) is 0 Å². The van der Waals surface area contributed by atoms with Gasteiger partial charge in [0, 0.05) is 7.11 Å². The predicted octanol–water partition coefficient (Wildman–Crippen LogP) is -0.331. The topological polar surface area (TPSA) is 85.2 Å². The van der Waals surface area contributed by atoms with Gasteiger partial charge >= 0.3 is 5.97 Å². The van der Waals surface area contributed by atoms with E-state index in [0.29, 0.717) is 0 Å². The molecule has 0 spiro atoms. The molecule has 1 saturated heterocycles. The van der Waals surface area contributed by atoms with Crippen molar-refractivity contribution < 1.29 is 29.2 Å². The fourth-order valence-corrected chi connectivity index (χ4v) is 1.49. The van der Waals surface area contributed by atoms with E-state index in [1.165, 1.54) is 7.11 Å². The molecule has 1 fully saturated rings. The number of ether oxygens (including phenoxy) is 3. The van der Waals surface area contributed by atoms with Crippen LogP contribution in [-0.2, 0) is 19.0 Å². The molecule has 0 saturated carbocycles. The lowest BCUT2D eigenvalue weighted by atomic mass is 9.97. The Labute approximate surface area is 100 Å². The first kappa shape index (κ1) is 14.4. The third-order valence-electron chi connectivity index (χ3n) is 2.58. The molecule has 2 N–H and O–H groups in total. The second-order valence-corrected chi connectivity index (χ2v) is 5.10. The first-order chi connectivity index (χ1) is 7.77. The van der Waals surface area contributed by atoms with Crippen molar-refractivity contribution in [3.8, 4) is 0 Å². The van der Waals surface area contributed by atoms with E-state index in [2.05, 4.69) is 0 Å². The minimum Gasteiger partial charge on any atom is -0.462 e. The smallest absolute Gasteiger partial charge is 0.311 e. The van der Waals surface area contributed by atoms with Gasteiger partial charge in [-0.05, 0) is 20.8 Å². The molecule has 0 amide bonds. The van der Waals surface area contributed by atoms with Crippen LogP contribution in [0.5, 0.6) is 0 Å². The van der Waals surface area contributed by atoms with Gasteiger partial charge in [-0.1, -0.05) is 0 Å². The molecular formula is C11H20O6. The van der Waals surface area contributed by atoms with Gasteiger partial charge in [0.05, 0.1) is 5.41 Å². The highest BCUT2D eigenvalue weighted by molar-refractivity contribution is 5.75. The molecule has 1 heterocycles. The van der Waals surface area contributed by atoms with Gasteiger partial charge in [-0.2, -0.15) is 0 Å². The van der Waals surface area contributed by atoms with Crippen LogP contribution in [-0.4, -0.2) is 54.5 Å². The zero-order chi connectivity index (χ0) is 13.2. The number of hydrogen-bond acceptors (Lipinski definition) is 6. The Morgan fingerprint density at radius 2 is 1.94 bits per heavy atom. The summed E-state index contributed by atoms with van der Waals surface area (Å²) in [6, 6.07) is 0. The van der Waals surface area contributed by atoms with Crippen molar-refractivity contribution in [2.24, 2.45) is 5.41 Å². The number of aliphatic hydroxyl groups is 2. The van der Waals surface area contributed by atoms with E-state index in [1.54, 1.807) is 20.8 Å². The predicted molar refractivity (Wildman–Crippen MR) is 58.1 cm³/mol. The summed E-state index contributed by atoms with van der Waals surface area (Å²) in [6.45, 7) is 5.09. The van der Waals surface area contributed by atoms with Crippen molar-refractivity contribution in [3.05, 3.63) is 0 Å². The molecule has 4 atom stereocenters. The summed E-state index contributed by atoms with van der Waals surface area (Å²) in [5.41, 5.74) is -0.608. The van der Waals surface area contributed by atoms with Crippen molar-refractivity contribution in [3.63, 3.8) is 0 Å². The maximum Gasteiger partial charge on any atom is 0.311 e. The van der Waals surface area contributed by atoms with Crippen LogP contribution in [0.4, 0.5) is 0 Å². The summed E-state index contributed by atoms with van der Waals surface area (Å²) in [6.07, 6.45) is -3.79. The number of rotatable bonds is 3. The molecular weight excluding hydrogens is 228 g/mol. The second kappa shape index (κ2) is 5.30. The van der Waals surface area contributed by atoms with Crippen LogP contribution >= 0.6 is 0 Å². The summed E-state index contributed by atoms with van der Waals surface area (Å²) >= 11 is 0. The van der Waals surface area contributed by atoms with Crippen molar-refractivity contribution in [1.82, 2.24) is 0 Å². The lowest BCUT2D eigenvalue weighted by Gasteiger charge is -2.20. The van der Waals surface area contributed by atoms with Gasteiger partial charge in [-0.25, -0.2) is 0 Å². The third kappa shape index (κ3) is 3.38. The largest absolute Gasteiger partial charge is 0.462 e. The van der Waals surface area contributed by atoms with Crippen LogP contribution in [0.1, 0.15) is 20.8 Å². The van der Waals surface area contributed by atoms with E-state index in [1.807, 2.05) is 0 Å². The molecule has 6 heteroatoms. The maximum absolute atomic E-state index is 11.5. The number of methoxy groups -OCH3 is 1. The lowest BCUT2D eigenvalue weighted by Crippen LogP contribution is -2.37. The van der Waals surface area contributed by atoms with Crippen LogP contribution in [0, 0.1) is 5.41 Å². The van der Waals surface area contributed by atoms with E-state index in [0.717, 1.165) is 0 Å². The highest BCUT2D eigenvalue weighted by Crippen LogP contribution is 2.23. The molecule has 6 nitrogen and oxygen atoms in total. The van der Waals surface area contributed by atoms with Gasteiger partial charge < -0.3 is 24.4 Å². The number of carbonyl (C=O) groups excluding carboxylic acids is 1. The highest BCUT2D eigenvalue weighted by Gasteiger charge is 2.44. The van der Waals surface area contributed by atoms with Gasteiger partial charge in [0.1, 0.15) is 24.9 Å². The highest BCUT2D eigenvalue weighted by atomic mass is 16.7. The Balaban J connectivity index is 2.47. The Morgan fingerprint density at radius 1 is 1.35 bits per heavy atom. The van der Waals surface area contributed by atoms with Crippen molar-refractivity contribution in [2.45, 2.75) is 45.4 Å². The van der Waals surface area contributed by atoms with Gasteiger partial charge in [0.25, 0.3) is 0 Å². The van der Waals surface area contributed by atoms with Crippen LogP contribution in [0.3, 0.4) is 0 Å². The Kier molecular flexibility index (Phi) is 4.48. The van der Waals surface area contributed by atoms with Gasteiger partial charge in [-0.3, -0.25) is 4.79 Å². The number of esters is 1. The minimum absolute atomic E-state index is 0.103. The monoisotopic (exact) mass is 248 g/mol. The Bertz CT molecular complexity index is 272. The molecule has 0 radical (unpaired) electrons. The van der Waals surface area contributed by atoms with E-state index in [-0.39, 0.29) is 12.6 Å². The number of aliphatic hydroxyl groups excluding tert-OH is 2. The quantitative estimate of drug-likeness (QED) is 0.665. The van der Waals surface area contributed by atoms with Crippen molar-refractivity contribution >= 4 is 5.97 Å². The molecule has 0 unspecified atom stereocenters. The van der Waals surface area contributed by atoms with E-state index in [4.69, 9.17) is 14.2 Å². The van der Waals surface area contributed by atoms with Gasteiger partial charge in [-0.15, -0.1) is 0 Å². The van der Waals surface area contributed by atoms with Crippen LogP contribution in [0.15, 0.2) is 0 Å². The molecule has 1 rings (SSSR count). The average molecular weight is 248 g/mol. The van der Waals surface area contributed by atoms with E-state index in [9.17, 15) is 15.0 Å². The van der Waals surface area contributed by atoms with Crippen molar-refractivity contribution in [1.29, 1.82) is 0 Å². The molecule has 0 aromatic rings. The molecule has 100 valence electrons. The molecule has 0 aromatic heterocycles. The van der Waals surface area contributed by atoms with Gasteiger partial charge in [0.2, 0.25) is 0 Å². The summed E-state index contributed by atoms with van der Waals surface area (Å²) in [5.74, 6) is -0.386. The summed E-state index contributed by atoms with van der Waals surface area (Å²) < 4.78 is 14.9.